The van der Waals surface area contributed by atoms with Crippen molar-refractivity contribution >= 4 is 11.8 Å². The maximum absolute atomic E-state index is 8.93. The minimum Gasteiger partial charge on any atom is -0.496 e. The van der Waals surface area contributed by atoms with E-state index in [1.165, 1.54) is 31.4 Å². The molecule has 0 aliphatic rings. The Labute approximate surface area is 126 Å². The smallest absolute Gasteiger partial charge is 0.123 e. The molecule has 1 N–H and O–H groups in total. The third kappa shape index (κ3) is 6.31. The average molecular weight is 292 g/mol. The van der Waals surface area contributed by atoms with Crippen LogP contribution in [0, 0.1) is 11.3 Å². The molecule has 0 saturated heterocycles. The van der Waals surface area contributed by atoms with Crippen molar-refractivity contribution in [1.29, 1.82) is 5.26 Å². The number of benzene rings is 1. The van der Waals surface area contributed by atoms with Crippen LogP contribution >= 0.6 is 11.8 Å². The molecule has 20 heavy (non-hydrogen) atoms. The Morgan fingerprint density at radius 2 is 2.05 bits per heavy atom. The maximum atomic E-state index is 8.93. The van der Waals surface area contributed by atoms with Crippen molar-refractivity contribution < 1.29 is 4.74 Å². The monoisotopic (exact) mass is 292 g/mol. The van der Waals surface area contributed by atoms with Crippen LogP contribution in [0.4, 0.5) is 0 Å². The first-order valence-corrected chi connectivity index (χ1v) is 8.48. The Morgan fingerprint density at radius 1 is 1.25 bits per heavy atom. The van der Waals surface area contributed by atoms with Crippen LogP contribution in [0.1, 0.15) is 36.8 Å². The van der Waals surface area contributed by atoms with Gasteiger partial charge in [0.2, 0.25) is 0 Å². The maximum Gasteiger partial charge on any atom is 0.123 e. The molecule has 0 amide bonds. The van der Waals surface area contributed by atoms with Gasteiger partial charge in [-0.05, 0) is 49.6 Å². The molecule has 0 radical (unpaired) electrons. The van der Waals surface area contributed by atoms with Crippen LogP contribution < -0.4 is 10.1 Å². The summed E-state index contributed by atoms with van der Waals surface area (Å²) in [7, 11) is 1.66. The fourth-order valence-electron chi connectivity index (χ4n) is 2.06. The first kappa shape index (κ1) is 16.9. The normalized spacial score (nSPS) is 10.2. The summed E-state index contributed by atoms with van der Waals surface area (Å²) in [5, 5.41) is 12.3. The highest BCUT2D eigenvalue weighted by atomic mass is 32.2. The summed E-state index contributed by atoms with van der Waals surface area (Å²) in [6.07, 6.45) is 7.27. The summed E-state index contributed by atoms with van der Waals surface area (Å²) in [4.78, 5) is 0. The lowest BCUT2D eigenvalue weighted by Gasteiger charge is -2.10. The molecule has 0 aliphatic heterocycles. The Balaban J connectivity index is 2.26. The molecule has 0 bridgehead atoms. The molecular weight excluding hydrogens is 268 g/mol. The lowest BCUT2D eigenvalue weighted by atomic mass is 10.1. The molecule has 0 aliphatic carbocycles. The molecule has 1 rings (SSSR count). The van der Waals surface area contributed by atoms with E-state index in [0.29, 0.717) is 5.56 Å². The second kappa shape index (κ2) is 10.6. The van der Waals surface area contributed by atoms with Crippen LogP contribution in [0.3, 0.4) is 0 Å². The van der Waals surface area contributed by atoms with Crippen LogP contribution in [-0.2, 0) is 6.54 Å². The van der Waals surface area contributed by atoms with E-state index in [2.05, 4.69) is 17.6 Å². The van der Waals surface area contributed by atoms with E-state index in [9.17, 15) is 0 Å². The predicted molar refractivity (Wildman–Crippen MR) is 86.3 cm³/mol. The lowest BCUT2D eigenvalue weighted by Crippen LogP contribution is -2.15. The summed E-state index contributed by atoms with van der Waals surface area (Å²) in [6.45, 7) is 1.77. The van der Waals surface area contributed by atoms with Crippen molar-refractivity contribution in [3.8, 4) is 11.8 Å². The largest absolute Gasteiger partial charge is 0.496 e. The van der Waals surface area contributed by atoms with E-state index in [4.69, 9.17) is 10.00 Å². The summed E-state index contributed by atoms with van der Waals surface area (Å²) in [6, 6.07) is 7.70. The van der Waals surface area contributed by atoms with Gasteiger partial charge >= 0.3 is 0 Å². The summed E-state index contributed by atoms with van der Waals surface area (Å²) >= 11 is 1.92. The number of ether oxygens (including phenoxy) is 1. The SMILES string of the molecule is COc1ccc(C#N)cc1CNCCCCCCSC. The summed E-state index contributed by atoms with van der Waals surface area (Å²) in [5.41, 5.74) is 1.73. The van der Waals surface area contributed by atoms with Crippen LogP contribution in [0.2, 0.25) is 0 Å². The van der Waals surface area contributed by atoms with Crippen molar-refractivity contribution in [1.82, 2.24) is 5.32 Å². The van der Waals surface area contributed by atoms with E-state index >= 15 is 0 Å². The zero-order valence-electron chi connectivity index (χ0n) is 12.4. The predicted octanol–water partition coefficient (Wildman–Crippen LogP) is 3.58. The molecule has 1 aromatic carbocycles. The van der Waals surface area contributed by atoms with Gasteiger partial charge in [0, 0.05) is 12.1 Å². The summed E-state index contributed by atoms with van der Waals surface area (Å²) < 4.78 is 5.32. The molecule has 0 fully saturated rings. The molecule has 0 saturated carbocycles. The van der Waals surface area contributed by atoms with Gasteiger partial charge in [-0.2, -0.15) is 17.0 Å². The number of hydrogen-bond donors (Lipinski definition) is 1. The molecule has 0 heterocycles. The molecule has 0 unspecified atom stereocenters. The Morgan fingerprint density at radius 3 is 2.75 bits per heavy atom. The number of nitrogens with zero attached hydrogens (tertiary/aromatic N) is 1. The zero-order valence-corrected chi connectivity index (χ0v) is 13.3. The average Bonchev–Trinajstić information content (AvgIpc) is 2.49. The highest BCUT2D eigenvalue weighted by molar-refractivity contribution is 7.98. The second-order valence-electron chi connectivity index (χ2n) is 4.72. The summed E-state index contributed by atoms with van der Waals surface area (Å²) in [5.74, 6) is 2.11. The lowest BCUT2D eigenvalue weighted by molar-refractivity contribution is 0.407. The minimum absolute atomic E-state index is 0.680. The first-order chi connectivity index (χ1) is 9.81. The number of thioether (sulfide) groups is 1. The van der Waals surface area contributed by atoms with Crippen LogP contribution in [0.25, 0.3) is 0 Å². The molecular formula is C16H24N2OS. The minimum atomic E-state index is 0.680. The van der Waals surface area contributed by atoms with Gasteiger partial charge in [0.25, 0.3) is 0 Å². The van der Waals surface area contributed by atoms with Crippen molar-refractivity contribution in [2.75, 3.05) is 25.7 Å². The van der Waals surface area contributed by atoms with Gasteiger partial charge in [0.05, 0.1) is 18.7 Å². The first-order valence-electron chi connectivity index (χ1n) is 7.08. The van der Waals surface area contributed by atoms with Crippen molar-refractivity contribution in [2.45, 2.75) is 32.2 Å². The Kier molecular flexibility index (Phi) is 8.93. The number of nitriles is 1. The number of unbranched alkanes of at least 4 members (excludes halogenated alkanes) is 3. The van der Waals surface area contributed by atoms with Gasteiger partial charge in [-0.1, -0.05) is 12.8 Å². The van der Waals surface area contributed by atoms with E-state index < -0.39 is 0 Å². The van der Waals surface area contributed by atoms with Gasteiger partial charge in [0.1, 0.15) is 5.75 Å². The third-order valence-corrected chi connectivity index (χ3v) is 3.87. The zero-order chi connectivity index (χ0) is 14.6. The molecule has 110 valence electrons. The number of rotatable bonds is 10. The molecule has 0 aromatic heterocycles. The second-order valence-corrected chi connectivity index (χ2v) is 5.71. The molecule has 0 spiro atoms. The quantitative estimate of drug-likeness (QED) is 0.670. The Bertz CT molecular complexity index is 429. The highest BCUT2D eigenvalue weighted by Gasteiger charge is 2.03. The standard InChI is InChI=1S/C16H24N2OS/c1-19-16-8-7-14(12-17)11-15(16)13-18-9-5-3-4-6-10-20-2/h7-8,11,18H,3-6,9-10,13H2,1-2H3. The molecule has 1 aromatic rings. The van der Waals surface area contributed by atoms with Gasteiger partial charge in [-0.15, -0.1) is 0 Å². The third-order valence-electron chi connectivity index (χ3n) is 3.18. The molecule has 0 atom stereocenters. The fourth-order valence-corrected chi connectivity index (χ4v) is 2.55. The number of methoxy groups -OCH3 is 1. The van der Waals surface area contributed by atoms with Crippen molar-refractivity contribution in [3.63, 3.8) is 0 Å². The van der Waals surface area contributed by atoms with E-state index in [1.54, 1.807) is 13.2 Å². The molecule has 4 heteroatoms. The van der Waals surface area contributed by atoms with Gasteiger partial charge < -0.3 is 10.1 Å². The Hall–Kier alpha value is -1.18. The van der Waals surface area contributed by atoms with Crippen LogP contribution in [-0.4, -0.2) is 25.7 Å². The van der Waals surface area contributed by atoms with E-state index in [-0.39, 0.29) is 0 Å². The topological polar surface area (TPSA) is 45.0 Å². The van der Waals surface area contributed by atoms with Crippen LogP contribution in [0.15, 0.2) is 18.2 Å². The van der Waals surface area contributed by atoms with Crippen LogP contribution in [0.5, 0.6) is 5.75 Å². The number of nitrogens with one attached hydrogen (secondary N) is 1. The van der Waals surface area contributed by atoms with Crippen molar-refractivity contribution in [2.24, 2.45) is 0 Å². The highest BCUT2D eigenvalue weighted by Crippen LogP contribution is 2.19. The van der Waals surface area contributed by atoms with E-state index in [0.717, 1.165) is 24.4 Å². The molecule has 3 nitrogen and oxygen atoms in total. The van der Waals surface area contributed by atoms with Crippen molar-refractivity contribution in [3.05, 3.63) is 29.3 Å². The fraction of sp³-hybridized carbons (Fsp3) is 0.562. The number of hydrogen-bond acceptors (Lipinski definition) is 4. The van der Waals surface area contributed by atoms with Gasteiger partial charge in [-0.25, -0.2) is 0 Å². The van der Waals surface area contributed by atoms with Gasteiger partial charge in [-0.3, -0.25) is 0 Å². The van der Waals surface area contributed by atoms with E-state index in [1.807, 2.05) is 23.9 Å². The van der Waals surface area contributed by atoms with Gasteiger partial charge in [0.15, 0.2) is 0 Å².